The summed E-state index contributed by atoms with van der Waals surface area (Å²) in [6.07, 6.45) is 1.80. The summed E-state index contributed by atoms with van der Waals surface area (Å²) in [5.74, 6) is 0.266. The average Bonchev–Trinajstić information content (AvgIpc) is 1.58. The predicted octanol–water partition coefficient (Wildman–Crippen LogP) is 1.53. The van der Waals surface area contributed by atoms with Crippen LogP contribution < -0.4 is 0 Å². The van der Waals surface area contributed by atoms with Crippen LogP contribution in [0.4, 0.5) is 0 Å². The standard InChI is InChI=1S/C5H6ClN/c6-5-1-4(2-5)3-7/h4-5H,1-2H2. The summed E-state index contributed by atoms with van der Waals surface area (Å²) in [6.45, 7) is 0. The molecule has 2 heteroatoms. The first kappa shape index (κ1) is 4.93. The molecule has 0 radical (unpaired) electrons. The van der Waals surface area contributed by atoms with Crippen LogP contribution >= 0.6 is 11.6 Å². The molecule has 0 atom stereocenters. The third-order valence-electron chi connectivity index (χ3n) is 1.26. The number of nitriles is 1. The summed E-state index contributed by atoms with van der Waals surface area (Å²) in [6, 6.07) is 2.15. The highest BCUT2D eigenvalue weighted by Gasteiger charge is 2.26. The predicted molar refractivity (Wildman–Crippen MR) is 28.0 cm³/mol. The number of alkyl halides is 1. The van der Waals surface area contributed by atoms with Gasteiger partial charge >= 0.3 is 0 Å². The van der Waals surface area contributed by atoms with E-state index in [9.17, 15) is 0 Å². The summed E-state index contributed by atoms with van der Waals surface area (Å²) < 4.78 is 0. The monoisotopic (exact) mass is 115 g/mol. The fourth-order valence-electron chi connectivity index (χ4n) is 0.654. The quantitative estimate of drug-likeness (QED) is 0.439. The zero-order valence-corrected chi connectivity index (χ0v) is 4.65. The van der Waals surface area contributed by atoms with Crippen molar-refractivity contribution in [2.24, 2.45) is 5.92 Å². The Morgan fingerprint density at radius 2 is 2.14 bits per heavy atom. The maximum absolute atomic E-state index is 8.20. The minimum absolute atomic E-state index is 0.266. The second-order valence-electron chi connectivity index (χ2n) is 1.89. The highest BCUT2D eigenvalue weighted by Crippen LogP contribution is 2.30. The topological polar surface area (TPSA) is 23.8 Å². The number of rotatable bonds is 0. The second kappa shape index (κ2) is 1.71. The molecule has 0 unspecified atom stereocenters. The summed E-state index contributed by atoms with van der Waals surface area (Å²) >= 11 is 5.57. The molecule has 1 fully saturated rings. The zero-order valence-electron chi connectivity index (χ0n) is 3.89. The van der Waals surface area contributed by atoms with Gasteiger partial charge in [-0.1, -0.05) is 0 Å². The molecular formula is C5H6ClN. The van der Waals surface area contributed by atoms with E-state index in [0.29, 0.717) is 5.38 Å². The Bertz CT molecular complexity index is 99.1. The molecular weight excluding hydrogens is 110 g/mol. The molecule has 1 aliphatic carbocycles. The molecule has 0 bridgehead atoms. The van der Waals surface area contributed by atoms with Crippen molar-refractivity contribution in [1.82, 2.24) is 0 Å². The maximum Gasteiger partial charge on any atom is 0.0656 e. The van der Waals surface area contributed by atoms with Crippen LogP contribution in [0.5, 0.6) is 0 Å². The summed E-state index contributed by atoms with van der Waals surface area (Å²) in [7, 11) is 0. The van der Waals surface area contributed by atoms with E-state index in [-0.39, 0.29) is 5.92 Å². The lowest BCUT2D eigenvalue weighted by Gasteiger charge is -2.23. The Labute approximate surface area is 47.9 Å². The fourth-order valence-corrected chi connectivity index (χ4v) is 1.08. The largest absolute Gasteiger partial charge is 0.198 e. The Hall–Kier alpha value is -0.220. The molecule has 1 nitrogen and oxygen atoms in total. The summed E-state index contributed by atoms with van der Waals surface area (Å²) in [5, 5.41) is 8.49. The van der Waals surface area contributed by atoms with Gasteiger partial charge in [-0.3, -0.25) is 0 Å². The van der Waals surface area contributed by atoms with Gasteiger partial charge in [-0.05, 0) is 12.8 Å². The molecule has 7 heavy (non-hydrogen) atoms. The summed E-state index contributed by atoms with van der Waals surface area (Å²) in [4.78, 5) is 0. The highest BCUT2D eigenvalue weighted by atomic mass is 35.5. The first-order valence-electron chi connectivity index (χ1n) is 2.36. The van der Waals surface area contributed by atoms with Gasteiger partial charge in [0.25, 0.3) is 0 Å². The van der Waals surface area contributed by atoms with E-state index in [4.69, 9.17) is 16.9 Å². The first-order valence-corrected chi connectivity index (χ1v) is 2.80. The summed E-state index contributed by atoms with van der Waals surface area (Å²) in [5.41, 5.74) is 0. The molecule has 38 valence electrons. The van der Waals surface area contributed by atoms with Crippen LogP contribution in [0.2, 0.25) is 0 Å². The van der Waals surface area contributed by atoms with E-state index < -0.39 is 0 Å². The van der Waals surface area contributed by atoms with E-state index in [1.807, 2.05) is 0 Å². The van der Waals surface area contributed by atoms with Gasteiger partial charge in [0.15, 0.2) is 0 Å². The van der Waals surface area contributed by atoms with Crippen molar-refractivity contribution in [1.29, 1.82) is 5.26 Å². The first-order chi connectivity index (χ1) is 3.33. The number of hydrogen-bond acceptors (Lipinski definition) is 1. The number of halogens is 1. The molecule has 0 amide bonds. The van der Waals surface area contributed by atoms with E-state index in [1.165, 1.54) is 0 Å². The lowest BCUT2D eigenvalue weighted by molar-refractivity contribution is 0.407. The van der Waals surface area contributed by atoms with Crippen molar-refractivity contribution >= 4 is 11.6 Å². The normalized spacial score (nSPS) is 38.9. The fraction of sp³-hybridized carbons (Fsp3) is 0.800. The lowest BCUT2D eigenvalue weighted by atomic mass is 9.86. The molecule has 1 saturated carbocycles. The van der Waals surface area contributed by atoms with Gasteiger partial charge in [0, 0.05) is 11.3 Å². The van der Waals surface area contributed by atoms with E-state index in [0.717, 1.165) is 12.8 Å². The van der Waals surface area contributed by atoms with E-state index in [2.05, 4.69) is 6.07 Å². The van der Waals surface area contributed by atoms with Crippen LogP contribution in [0, 0.1) is 17.2 Å². The number of nitrogens with zero attached hydrogens (tertiary/aromatic N) is 1. The molecule has 0 aliphatic heterocycles. The molecule has 1 rings (SSSR count). The molecule has 0 saturated heterocycles. The minimum Gasteiger partial charge on any atom is -0.198 e. The molecule has 1 aliphatic rings. The van der Waals surface area contributed by atoms with Crippen molar-refractivity contribution in [3.8, 4) is 6.07 Å². The van der Waals surface area contributed by atoms with Crippen molar-refractivity contribution in [3.63, 3.8) is 0 Å². The third kappa shape index (κ3) is 0.863. The minimum atomic E-state index is 0.266. The maximum atomic E-state index is 8.20. The van der Waals surface area contributed by atoms with Crippen molar-refractivity contribution in [2.45, 2.75) is 18.2 Å². The second-order valence-corrected chi connectivity index (χ2v) is 2.51. The van der Waals surface area contributed by atoms with Crippen LogP contribution in [0.3, 0.4) is 0 Å². The Kier molecular flexibility index (Phi) is 1.21. The van der Waals surface area contributed by atoms with Gasteiger partial charge in [0.05, 0.1) is 6.07 Å². The number of hydrogen-bond donors (Lipinski definition) is 0. The van der Waals surface area contributed by atoms with Crippen LogP contribution in [-0.2, 0) is 0 Å². The molecule has 0 spiro atoms. The van der Waals surface area contributed by atoms with Gasteiger partial charge in [-0.2, -0.15) is 5.26 Å². The van der Waals surface area contributed by atoms with Gasteiger partial charge < -0.3 is 0 Å². The van der Waals surface area contributed by atoms with Crippen LogP contribution in [0.1, 0.15) is 12.8 Å². The highest BCUT2D eigenvalue weighted by molar-refractivity contribution is 6.21. The van der Waals surface area contributed by atoms with Crippen LogP contribution in [0.25, 0.3) is 0 Å². The molecule has 0 aromatic rings. The average molecular weight is 116 g/mol. The molecule has 0 heterocycles. The third-order valence-corrected chi connectivity index (χ3v) is 1.62. The smallest absolute Gasteiger partial charge is 0.0656 e. The molecule has 0 aromatic carbocycles. The molecule has 0 N–H and O–H groups in total. The van der Waals surface area contributed by atoms with Gasteiger partial charge in [-0.15, -0.1) is 11.6 Å². The van der Waals surface area contributed by atoms with Crippen molar-refractivity contribution in [3.05, 3.63) is 0 Å². The van der Waals surface area contributed by atoms with Crippen molar-refractivity contribution < 1.29 is 0 Å². The van der Waals surface area contributed by atoms with E-state index in [1.54, 1.807) is 0 Å². The Morgan fingerprint density at radius 1 is 1.57 bits per heavy atom. The van der Waals surface area contributed by atoms with Gasteiger partial charge in [0.2, 0.25) is 0 Å². The van der Waals surface area contributed by atoms with Gasteiger partial charge in [-0.25, -0.2) is 0 Å². The van der Waals surface area contributed by atoms with Gasteiger partial charge in [0.1, 0.15) is 0 Å². The lowest BCUT2D eigenvalue weighted by Crippen LogP contribution is -2.21. The van der Waals surface area contributed by atoms with Crippen molar-refractivity contribution in [2.75, 3.05) is 0 Å². The van der Waals surface area contributed by atoms with Crippen LogP contribution in [-0.4, -0.2) is 5.38 Å². The van der Waals surface area contributed by atoms with E-state index >= 15 is 0 Å². The Balaban J connectivity index is 2.21. The SMILES string of the molecule is N#CC1CC(Cl)C1. The molecule has 0 aromatic heterocycles. The zero-order chi connectivity index (χ0) is 5.28. The van der Waals surface area contributed by atoms with Crippen LogP contribution in [0.15, 0.2) is 0 Å². The Morgan fingerprint density at radius 3 is 2.29 bits per heavy atom.